The minimum atomic E-state index is -0.344. The van der Waals surface area contributed by atoms with Crippen LogP contribution in [-0.4, -0.2) is 24.5 Å². The van der Waals surface area contributed by atoms with Crippen molar-refractivity contribution in [2.24, 2.45) is 0 Å². The summed E-state index contributed by atoms with van der Waals surface area (Å²) >= 11 is 0. The van der Waals surface area contributed by atoms with Gasteiger partial charge in [0.25, 0.3) is 5.56 Å². The number of nitrogens with zero attached hydrogens (tertiary/aromatic N) is 6. The van der Waals surface area contributed by atoms with Gasteiger partial charge in [0.05, 0.1) is 18.0 Å². The third-order valence-corrected chi connectivity index (χ3v) is 5.99. The van der Waals surface area contributed by atoms with E-state index >= 15 is 0 Å². The Morgan fingerprint density at radius 2 is 1.67 bits per heavy atom. The minimum Gasteiger partial charge on any atom is -0.371 e. The van der Waals surface area contributed by atoms with Crippen molar-refractivity contribution >= 4 is 22.3 Å². The second-order valence-corrected chi connectivity index (χ2v) is 8.46. The molecule has 0 saturated heterocycles. The smallest absolute Gasteiger partial charge is 0.263 e. The van der Waals surface area contributed by atoms with Gasteiger partial charge >= 0.3 is 0 Å². The summed E-state index contributed by atoms with van der Waals surface area (Å²) in [7, 11) is 0. The fourth-order valence-electron chi connectivity index (χ4n) is 4.25. The lowest BCUT2D eigenvalue weighted by atomic mass is 9.99. The number of aromatic nitrogens is 5. The van der Waals surface area contributed by atoms with Crippen molar-refractivity contribution in [3.63, 3.8) is 0 Å². The largest absolute Gasteiger partial charge is 0.371 e. The molecule has 3 heterocycles. The molecule has 0 unspecified atom stereocenters. The first-order valence-corrected chi connectivity index (χ1v) is 11.5. The zero-order valence-electron chi connectivity index (χ0n) is 20.1. The Morgan fingerprint density at radius 1 is 0.944 bits per heavy atom. The van der Waals surface area contributed by atoms with Crippen molar-refractivity contribution in [2.75, 3.05) is 5.32 Å². The van der Waals surface area contributed by atoms with Crippen LogP contribution in [-0.2, 0) is 0 Å². The number of benzene rings is 2. The van der Waals surface area contributed by atoms with E-state index in [9.17, 15) is 4.79 Å². The molecule has 1 N–H and O–H groups in total. The molecule has 0 amide bonds. The van der Waals surface area contributed by atoms with Crippen LogP contribution in [0.2, 0.25) is 0 Å². The number of fused-ring (bicyclic) bond motifs is 1. The van der Waals surface area contributed by atoms with Crippen LogP contribution in [0.4, 0.5) is 11.5 Å². The maximum absolute atomic E-state index is 14.2. The second-order valence-electron chi connectivity index (χ2n) is 8.46. The highest BCUT2D eigenvalue weighted by atomic mass is 16.1. The number of anilines is 1. The van der Waals surface area contributed by atoms with Gasteiger partial charge in [-0.15, -0.1) is 0 Å². The maximum Gasteiger partial charge on any atom is 0.263 e. The molecular formula is C28H23N7O. The van der Waals surface area contributed by atoms with Crippen LogP contribution in [0, 0.1) is 20.4 Å². The van der Waals surface area contributed by atoms with Gasteiger partial charge in [-0.25, -0.2) is 19.8 Å². The number of pyridine rings is 1. The molecular weight excluding hydrogens is 450 g/mol. The molecule has 1 atom stereocenters. The van der Waals surface area contributed by atoms with Gasteiger partial charge in [-0.3, -0.25) is 14.3 Å². The number of hydrogen-bond donors (Lipinski definition) is 1. The molecule has 8 nitrogen and oxygen atoms in total. The summed E-state index contributed by atoms with van der Waals surface area (Å²) in [6, 6.07) is 17.0. The van der Waals surface area contributed by atoms with Gasteiger partial charge < -0.3 is 5.32 Å². The quantitative estimate of drug-likeness (QED) is 0.335. The molecule has 8 heteroatoms. The molecule has 3 aromatic heterocycles. The first-order chi connectivity index (χ1) is 17.5. The summed E-state index contributed by atoms with van der Waals surface area (Å²) < 4.78 is 1.71. The van der Waals surface area contributed by atoms with Crippen LogP contribution >= 0.6 is 0 Å². The van der Waals surface area contributed by atoms with Gasteiger partial charge in [0, 0.05) is 35.5 Å². The summed E-state index contributed by atoms with van der Waals surface area (Å²) in [6.07, 6.45) is 4.99. The summed E-state index contributed by atoms with van der Waals surface area (Å²) in [5.41, 5.74) is 3.21. The number of aryl methyl sites for hydroxylation is 2. The Hall–Kier alpha value is -4.90. The van der Waals surface area contributed by atoms with Gasteiger partial charge in [0.2, 0.25) is 5.69 Å². The molecule has 36 heavy (non-hydrogen) atoms. The van der Waals surface area contributed by atoms with Crippen molar-refractivity contribution in [1.82, 2.24) is 24.5 Å². The standard InChI is InChI=1S/C28H23N7O/c1-17(33-27-24(29-4)16-32-19(3)34-27)25-13-20-9-8-12-23(21-14-30-18(2)31-15-21)26(20)28(36)35(25)22-10-6-5-7-11-22/h5-17H,1-3H3,(H,32,33,34)/t17-/m0/s1. The van der Waals surface area contributed by atoms with E-state index in [1.165, 1.54) is 6.20 Å². The Bertz CT molecular complexity index is 1670. The van der Waals surface area contributed by atoms with E-state index in [1.54, 1.807) is 23.9 Å². The predicted molar refractivity (Wildman–Crippen MR) is 140 cm³/mol. The summed E-state index contributed by atoms with van der Waals surface area (Å²) in [4.78, 5) is 34.9. The van der Waals surface area contributed by atoms with Crippen molar-refractivity contribution in [3.05, 3.63) is 112 Å². The highest BCUT2D eigenvalue weighted by Crippen LogP contribution is 2.31. The van der Waals surface area contributed by atoms with Gasteiger partial charge in [-0.1, -0.05) is 36.4 Å². The average Bonchev–Trinajstić information content (AvgIpc) is 2.89. The van der Waals surface area contributed by atoms with Crippen molar-refractivity contribution in [2.45, 2.75) is 26.8 Å². The monoisotopic (exact) mass is 473 g/mol. The fourth-order valence-corrected chi connectivity index (χ4v) is 4.25. The molecule has 0 aliphatic heterocycles. The molecule has 5 aromatic rings. The predicted octanol–water partition coefficient (Wildman–Crippen LogP) is 5.58. The van der Waals surface area contributed by atoms with Crippen LogP contribution in [0.25, 0.3) is 32.4 Å². The maximum atomic E-state index is 14.2. The third kappa shape index (κ3) is 4.18. The van der Waals surface area contributed by atoms with Gasteiger partial charge in [0.1, 0.15) is 17.5 Å². The topological polar surface area (TPSA) is 90.0 Å². The summed E-state index contributed by atoms with van der Waals surface area (Å²) in [6.45, 7) is 13.0. The molecule has 0 radical (unpaired) electrons. The Kier molecular flexibility index (Phi) is 5.97. The number of hydrogen-bond acceptors (Lipinski definition) is 6. The van der Waals surface area contributed by atoms with Crippen LogP contribution in [0.5, 0.6) is 0 Å². The van der Waals surface area contributed by atoms with E-state index in [2.05, 4.69) is 30.1 Å². The zero-order valence-corrected chi connectivity index (χ0v) is 20.1. The van der Waals surface area contributed by atoms with Crippen molar-refractivity contribution < 1.29 is 0 Å². The van der Waals surface area contributed by atoms with Crippen LogP contribution in [0.1, 0.15) is 30.3 Å². The highest BCUT2D eigenvalue weighted by molar-refractivity contribution is 5.96. The number of para-hydroxylation sites is 1. The summed E-state index contributed by atoms with van der Waals surface area (Å²) in [5.74, 6) is 1.66. The Labute approximate surface area is 208 Å². The lowest BCUT2D eigenvalue weighted by molar-refractivity contribution is 0.772. The molecule has 176 valence electrons. The lowest BCUT2D eigenvalue weighted by Gasteiger charge is -2.22. The summed E-state index contributed by atoms with van der Waals surface area (Å²) in [5, 5.41) is 4.72. The van der Waals surface area contributed by atoms with Gasteiger partial charge in [0.15, 0.2) is 0 Å². The Balaban J connectivity index is 1.74. The molecule has 0 aliphatic carbocycles. The van der Waals surface area contributed by atoms with E-state index in [1.807, 2.05) is 68.4 Å². The zero-order chi connectivity index (χ0) is 25.2. The normalized spacial score (nSPS) is 11.7. The second kappa shape index (κ2) is 9.39. The first kappa shape index (κ1) is 22.9. The van der Waals surface area contributed by atoms with Gasteiger partial charge in [-0.2, -0.15) is 0 Å². The molecule has 0 fully saturated rings. The minimum absolute atomic E-state index is 0.150. The van der Waals surface area contributed by atoms with Crippen LogP contribution < -0.4 is 10.9 Å². The molecule has 0 aliphatic rings. The lowest BCUT2D eigenvalue weighted by Crippen LogP contribution is -2.26. The van der Waals surface area contributed by atoms with E-state index in [-0.39, 0.29) is 11.6 Å². The molecule has 5 rings (SSSR count). The van der Waals surface area contributed by atoms with Crippen LogP contribution in [0.3, 0.4) is 0 Å². The van der Waals surface area contributed by atoms with Gasteiger partial charge in [-0.05, 0) is 49.9 Å². The van der Waals surface area contributed by atoms with E-state index in [4.69, 9.17) is 6.57 Å². The number of nitrogens with one attached hydrogen (secondary N) is 1. The van der Waals surface area contributed by atoms with Crippen molar-refractivity contribution in [3.8, 4) is 16.8 Å². The molecule has 0 saturated carbocycles. The van der Waals surface area contributed by atoms with Crippen LogP contribution in [0.15, 0.2) is 78.0 Å². The SMILES string of the molecule is [C-]#[N+]c1cnc(C)nc1N[C@@H](C)c1cc2cccc(-c3cnc(C)nc3)c2c(=O)n1-c1ccccc1. The highest BCUT2D eigenvalue weighted by Gasteiger charge is 2.20. The first-order valence-electron chi connectivity index (χ1n) is 11.5. The van der Waals surface area contributed by atoms with Crippen molar-refractivity contribution in [1.29, 1.82) is 0 Å². The molecule has 0 spiro atoms. The van der Waals surface area contributed by atoms with E-state index in [0.717, 1.165) is 27.9 Å². The Morgan fingerprint density at radius 3 is 2.39 bits per heavy atom. The van der Waals surface area contributed by atoms with E-state index < -0.39 is 0 Å². The average molecular weight is 474 g/mol. The third-order valence-electron chi connectivity index (χ3n) is 5.99. The molecule has 0 bridgehead atoms. The number of rotatable bonds is 5. The molecule has 2 aromatic carbocycles. The fraction of sp³-hybridized carbons (Fsp3) is 0.143. The van der Waals surface area contributed by atoms with E-state index in [0.29, 0.717) is 28.5 Å².